The number of ether oxygens (including phenoxy) is 1. The molecule has 1 aromatic rings. The molecule has 0 N–H and O–H groups in total. The maximum Gasteiger partial charge on any atom is 0.0835 e. The molecule has 3 aliphatic rings. The van der Waals surface area contributed by atoms with Crippen LogP contribution < -0.4 is 0 Å². The van der Waals surface area contributed by atoms with Crippen LogP contribution in [-0.2, 0) is 11.3 Å². The number of hydrogen-bond donors (Lipinski definition) is 0. The molecule has 4 rings (SSSR count). The first-order valence-electron chi connectivity index (χ1n) is 9.07. The molecule has 0 aliphatic carbocycles. The summed E-state index contributed by atoms with van der Waals surface area (Å²) >= 11 is 6.12. The minimum absolute atomic E-state index is 0.101. The van der Waals surface area contributed by atoms with Crippen LogP contribution in [0.1, 0.15) is 37.7 Å². The Morgan fingerprint density at radius 2 is 2.09 bits per heavy atom. The van der Waals surface area contributed by atoms with Gasteiger partial charge in [0.05, 0.1) is 5.60 Å². The van der Waals surface area contributed by atoms with Gasteiger partial charge in [0.1, 0.15) is 0 Å². The fourth-order valence-corrected chi connectivity index (χ4v) is 4.87. The summed E-state index contributed by atoms with van der Waals surface area (Å²) < 4.78 is 6.31. The molecule has 0 aromatic heterocycles. The van der Waals surface area contributed by atoms with Crippen molar-refractivity contribution in [3.05, 3.63) is 34.9 Å². The predicted octanol–water partition coefficient (Wildman–Crippen LogP) is 3.56. The first-order chi connectivity index (χ1) is 11.2. The zero-order valence-electron chi connectivity index (χ0n) is 13.8. The molecule has 1 spiro atoms. The fourth-order valence-electron chi connectivity index (χ4n) is 4.66. The molecule has 1 aromatic carbocycles. The lowest BCUT2D eigenvalue weighted by atomic mass is 9.89. The highest BCUT2D eigenvalue weighted by molar-refractivity contribution is 6.30. The normalized spacial score (nSPS) is 32.8. The number of likely N-dealkylation sites (tertiary alicyclic amines) is 2. The van der Waals surface area contributed by atoms with Crippen molar-refractivity contribution in [1.29, 1.82) is 0 Å². The third kappa shape index (κ3) is 3.58. The van der Waals surface area contributed by atoms with Gasteiger partial charge in [-0.05, 0) is 62.9 Å². The van der Waals surface area contributed by atoms with E-state index in [1.807, 2.05) is 12.1 Å². The summed E-state index contributed by atoms with van der Waals surface area (Å²) in [6.07, 6.45) is 6.38. The van der Waals surface area contributed by atoms with Crippen LogP contribution in [0.4, 0.5) is 0 Å². The van der Waals surface area contributed by atoms with E-state index in [-0.39, 0.29) is 5.60 Å². The number of halogens is 1. The Bertz CT molecular complexity index is 546. The van der Waals surface area contributed by atoms with Crippen LogP contribution in [0.3, 0.4) is 0 Å². The van der Waals surface area contributed by atoms with Gasteiger partial charge < -0.3 is 9.64 Å². The van der Waals surface area contributed by atoms with Gasteiger partial charge >= 0.3 is 0 Å². The number of benzene rings is 1. The van der Waals surface area contributed by atoms with Crippen molar-refractivity contribution >= 4 is 11.6 Å². The minimum Gasteiger partial charge on any atom is -0.373 e. The quantitative estimate of drug-likeness (QED) is 0.840. The van der Waals surface area contributed by atoms with Gasteiger partial charge in [0.2, 0.25) is 0 Å². The molecule has 3 fully saturated rings. The first-order valence-corrected chi connectivity index (χ1v) is 9.45. The minimum atomic E-state index is 0.101. The molecule has 3 nitrogen and oxygen atoms in total. The lowest BCUT2D eigenvalue weighted by Gasteiger charge is -2.41. The van der Waals surface area contributed by atoms with Crippen molar-refractivity contribution in [2.45, 2.75) is 50.3 Å². The molecule has 23 heavy (non-hydrogen) atoms. The second kappa shape index (κ2) is 6.72. The Labute approximate surface area is 144 Å². The first kappa shape index (κ1) is 15.9. The summed E-state index contributed by atoms with van der Waals surface area (Å²) in [6, 6.07) is 9.00. The zero-order valence-corrected chi connectivity index (χ0v) is 14.6. The summed E-state index contributed by atoms with van der Waals surface area (Å²) in [7, 11) is 0. The number of rotatable bonds is 3. The third-order valence-electron chi connectivity index (χ3n) is 5.81. The second-order valence-electron chi connectivity index (χ2n) is 7.51. The Hall–Kier alpha value is -0.610. The van der Waals surface area contributed by atoms with Gasteiger partial charge in [-0.25, -0.2) is 0 Å². The van der Waals surface area contributed by atoms with E-state index >= 15 is 0 Å². The summed E-state index contributed by atoms with van der Waals surface area (Å²) in [6.45, 7) is 6.73. The van der Waals surface area contributed by atoms with Gasteiger partial charge in [0.25, 0.3) is 0 Å². The number of nitrogens with zero attached hydrogens (tertiary/aromatic N) is 2. The molecule has 4 heteroatoms. The van der Waals surface area contributed by atoms with Gasteiger partial charge in [-0.15, -0.1) is 0 Å². The summed E-state index contributed by atoms with van der Waals surface area (Å²) in [5.41, 5.74) is 1.41. The molecule has 3 heterocycles. The van der Waals surface area contributed by atoms with Gasteiger partial charge in [0.15, 0.2) is 0 Å². The predicted molar refractivity (Wildman–Crippen MR) is 93.9 cm³/mol. The maximum absolute atomic E-state index is 6.31. The molecule has 0 amide bonds. The molecular formula is C19H27ClN2O. The highest BCUT2D eigenvalue weighted by atomic mass is 35.5. The average molecular weight is 335 g/mol. The average Bonchev–Trinajstić information content (AvgIpc) is 3.18. The van der Waals surface area contributed by atoms with E-state index in [0.29, 0.717) is 0 Å². The van der Waals surface area contributed by atoms with E-state index in [9.17, 15) is 0 Å². The van der Waals surface area contributed by atoms with Crippen molar-refractivity contribution in [3.8, 4) is 0 Å². The summed E-state index contributed by atoms with van der Waals surface area (Å²) in [5, 5.41) is 0.833. The van der Waals surface area contributed by atoms with Crippen LogP contribution >= 0.6 is 11.6 Å². The van der Waals surface area contributed by atoms with Crippen LogP contribution in [0.2, 0.25) is 5.02 Å². The van der Waals surface area contributed by atoms with Crippen LogP contribution in [0.25, 0.3) is 0 Å². The monoisotopic (exact) mass is 334 g/mol. The van der Waals surface area contributed by atoms with Crippen LogP contribution in [0.15, 0.2) is 24.3 Å². The smallest absolute Gasteiger partial charge is 0.0835 e. The van der Waals surface area contributed by atoms with Gasteiger partial charge in [-0.3, -0.25) is 4.90 Å². The lowest BCUT2D eigenvalue weighted by molar-refractivity contribution is -0.0961. The van der Waals surface area contributed by atoms with Crippen molar-refractivity contribution in [3.63, 3.8) is 0 Å². The molecule has 0 saturated carbocycles. The van der Waals surface area contributed by atoms with Crippen molar-refractivity contribution in [2.24, 2.45) is 0 Å². The van der Waals surface area contributed by atoms with Crippen LogP contribution in [-0.4, -0.2) is 54.2 Å². The fraction of sp³-hybridized carbons (Fsp3) is 0.684. The van der Waals surface area contributed by atoms with Gasteiger partial charge in [-0.2, -0.15) is 0 Å². The Morgan fingerprint density at radius 1 is 1.22 bits per heavy atom. The Kier molecular flexibility index (Phi) is 4.64. The van der Waals surface area contributed by atoms with E-state index in [1.165, 1.54) is 50.8 Å². The standard InChI is InChI=1S/C19H27ClN2O/c20-17-5-3-4-16(12-17)14-21-10-7-19(15-21)13-18(6-11-23-19)22-8-1-2-9-22/h3-5,12,18H,1-2,6-11,13-15H2/t18-,19-/m1/s1. The molecule has 2 atom stereocenters. The largest absolute Gasteiger partial charge is 0.373 e. The second-order valence-corrected chi connectivity index (χ2v) is 7.95. The van der Waals surface area contributed by atoms with Crippen LogP contribution in [0, 0.1) is 0 Å². The molecular weight excluding hydrogens is 308 g/mol. The maximum atomic E-state index is 6.31. The Morgan fingerprint density at radius 3 is 2.91 bits per heavy atom. The molecule has 0 radical (unpaired) electrons. The number of hydrogen-bond acceptors (Lipinski definition) is 3. The summed E-state index contributed by atoms with van der Waals surface area (Å²) in [5.74, 6) is 0. The van der Waals surface area contributed by atoms with E-state index < -0.39 is 0 Å². The van der Waals surface area contributed by atoms with E-state index in [0.717, 1.165) is 37.3 Å². The Balaban J connectivity index is 1.38. The van der Waals surface area contributed by atoms with Crippen molar-refractivity contribution < 1.29 is 4.74 Å². The summed E-state index contributed by atoms with van der Waals surface area (Å²) in [4.78, 5) is 5.25. The van der Waals surface area contributed by atoms with Crippen molar-refractivity contribution in [2.75, 3.05) is 32.8 Å². The topological polar surface area (TPSA) is 15.7 Å². The molecule has 0 unspecified atom stereocenters. The zero-order chi connectivity index (χ0) is 15.7. The highest BCUT2D eigenvalue weighted by Crippen LogP contribution is 2.37. The third-order valence-corrected chi connectivity index (χ3v) is 6.05. The van der Waals surface area contributed by atoms with Crippen molar-refractivity contribution in [1.82, 2.24) is 9.80 Å². The molecule has 3 aliphatic heterocycles. The lowest BCUT2D eigenvalue weighted by Crippen LogP contribution is -2.49. The molecule has 126 valence electrons. The van der Waals surface area contributed by atoms with Crippen LogP contribution in [0.5, 0.6) is 0 Å². The SMILES string of the molecule is Clc1cccc(CN2CC[C@@]3(C[C@H](N4CCCC4)CCO3)C2)c1. The molecule has 3 saturated heterocycles. The highest BCUT2D eigenvalue weighted by Gasteiger charge is 2.44. The van der Waals surface area contributed by atoms with E-state index in [4.69, 9.17) is 16.3 Å². The van der Waals surface area contributed by atoms with E-state index in [2.05, 4.69) is 21.9 Å². The van der Waals surface area contributed by atoms with E-state index in [1.54, 1.807) is 0 Å². The van der Waals surface area contributed by atoms with Gasteiger partial charge in [-0.1, -0.05) is 23.7 Å². The molecule has 0 bridgehead atoms. The van der Waals surface area contributed by atoms with Gasteiger partial charge in [0, 0.05) is 37.3 Å².